The highest BCUT2D eigenvalue weighted by atomic mass is 35.5. The van der Waals surface area contributed by atoms with Gasteiger partial charge in [-0.1, -0.05) is 42.5 Å². The molecule has 0 saturated carbocycles. The van der Waals surface area contributed by atoms with Gasteiger partial charge in [0.1, 0.15) is 6.61 Å². The minimum absolute atomic E-state index is 0. The van der Waals surface area contributed by atoms with Gasteiger partial charge in [0.05, 0.1) is 7.11 Å². The fraction of sp³-hybridized carbons (Fsp3) is 0.409. The summed E-state index contributed by atoms with van der Waals surface area (Å²) in [7, 11) is 1.66. The lowest BCUT2D eigenvalue weighted by Crippen LogP contribution is -2.28. The number of amides is 1. The number of hydrogen-bond donors (Lipinski definition) is 1. The molecule has 2 aromatic rings. The summed E-state index contributed by atoms with van der Waals surface area (Å²) < 4.78 is 11.6. The van der Waals surface area contributed by atoms with Gasteiger partial charge in [0.15, 0.2) is 11.5 Å². The summed E-state index contributed by atoms with van der Waals surface area (Å²) in [5, 5.41) is 3.46. The van der Waals surface area contributed by atoms with E-state index in [1.165, 1.54) is 0 Å². The van der Waals surface area contributed by atoms with Crippen LogP contribution in [0.15, 0.2) is 48.5 Å². The van der Waals surface area contributed by atoms with Gasteiger partial charge in [-0.15, -0.1) is 12.4 Å². The van der Waals surface area contributed by atoms with Crippen LogP contribution >= 0.6 is 12.4 Å². The van der Waals surface area contributed by atoms with E-state index in [2.05, 4.69) is 11.4 Å². The number of rotatable bonds is 10. The monoisotopic (exact) mass is 404 g/mol. The lowest BCUT2D eigenvalue weighted by Gasteiger charge is -2.17. The number of carbonyl (C=O) groups excluding carboxylic acids is 1. The molecule has 152 valence electrons. The molecule has 6 heteroatoms. The Labute approximate surface area is 173 Å². The summed E-state index contributed by atoms with van der Waals surface area (Å²) >= 11 is 0. The molecule has 5 nitrogen and oxygen atoms in total. The number of ether oxygens (including phenoxy) is 2. The highest BCUT2D eigenvalue weighted by Gasteiger charge is 2.19. The molecule has 0 aromatic heterocycles. The van der Waals surface area contributed by atoms with E-state index in [9.17, 15) is 4.79 Å². The number of para-hydroxylation sites is 1. The zero-order chi connectivity index (χ0) is 18.9. The van der Waals surface area contributed by atoms with Crippen LogP contribution in [-0.2, 0) is 17.9 Å². The van der Waals surface area contributed by atoms with Crippen molar-refractivity contribution in [1.82, 2.24) is 10.2 Å². The van der Waals surface area contributed by atoms with Crippen LogP contribution in [0.5, 0.6) is 11.5 Å². The molecule has 0 atom stereocenters. The number of benzene rings is 2. The molecule has 28 heavy (non-hydrogen) atoms. The first kappa shape index (κ1) is 22.1. The maximum Gasteiger partial charge on any atom is 0.222 e. The number of halogens is 1. The number of nitrogens with one attached hydrogen (secondary N) is 1. The van der Waals surface area contributed by atoms with Crippen LogP contribution in [0, 0.1) is 0 Å². The Hall–Kier alpha value is -2.24. The number of likely N-dealkylation sites (tertiary alicyclic amines) is 1. The summed E-state index contributed by atoms with van der Waals surface area (Å²) in [4.78, 5) is 13.6. The topological polar surface area (TPSA) is 50.8 Å². The maximum atomic E-state index is 11.6. The van der Waals surface area contributed by atoms with Crippen LogP contribution in [-0.4, -0.2) is 37.6 Å². The summed E-state index contributed by atoms with van der Waals surface area (Å²) in [6.45, 7) is 3.81. The van der Waals surface area contributed by atoms with Gasteiger partial charge in [0.2, 0.25) is 5.91 Å². The molecule has 0 radical (unpaired) electrons. The summed E-state index contributed by atoms with van der Waals surface area (Å²) in [6.07, 6.45) is 2.66. The third-order valence-electron chi connectivity index (χ3n) is 4.77. The Morgan fingerprint density at radius 2 is 1.93 bits per heavy atom. The molecule has 1 aliphatic rings. The van der Waals surface area contributed by atoms with Crippen molar-refractivity contribution in [3.63, 3.8) is 0 Å². The molecular weight excluding hydrogens is 376 g/mol. The van der Waals surface area contributed by atoms with Crippen LogP contribution in [0.4, 0.5) is 0 Å². The molecule has 2 aromatic carbocycles. The average Bonchev–Trinajstić information content (AvgIpc) is 3.12. The summed E-state index contributed by atoms with van der Waals surface area (Å²) in [5.74, 6) is 1.82. The average molecular weight is 405 g/mol. The van der Waals surface area contributed by atoms with Crippen molar-refractivity contribution in [3.8, 4) is 11.5 Å². The van der Waals surface area contributed by atoms with Gasteiger partial charge in [-0.05, 0) is 31.0 Å². The van der Waals surface area contributed by atoms with Crippen LogP contribution < -0.4 is 14.8 Å². The van der Waals surface area contributed by atoms with Gasteiger partial charge < -0.3 is 19.7 Å². The van der Waals surface area contributed by atoms with Crippen LogP contribution in [0.25, 0.3) is 0 Å². The second-order valence-corrected chi connectivity index (χ2v) is 6.74. The molecule has 0 spiro atoms. The Morgan fingerprint density at radius 1 is 1.11 bits per heavy atom. The zero-order valence-corrected chi connectivity index (χ0v) is 17.2. The summed E-state index contributed by atoms with van der Waals surface area (Å²) in [6, 6.07) is 16.1. The molecule has 1 amide bonds. The third kappa shape index (κ3) is 6.14. The standard InChI is InChI=1S/C22H28N2O3.ClH/c1-26-20-11-5-10-19(22(20)27-17-18-8-3-2-4-9-18)16-23-13-7-15-24-14-6-12-21(24)25;/h2-5,8-11,23H,6-7,12-17H2,1H3;1H. The molecule has 0 unspecified atom stereocenters. The van der Waals surface area contributed by atoms with Crippen molar-refractivity contribution in [2.45, 2.75) is 32.4 Å². The fourth-order valence-electron chi connectivity index (χ4n) is 3.31. The molecule has 1 heterocycles. The van der Waals surface area contributed by atoms with E-state index >= 15 is 0 Å². The van der Waals surface area contributed by atoms with E-state index < -0.39 is 0 Å². The first-order valence-corrected chi connectivity index (χ1v) is 9.59. The van der Waals surface area contributed by atoms with Crippen molar-refractivity contribution in [3.05, 3.63) is 59.7 Å². The minimum Gasteiger partial charge on any atom is -0.493 e. The molecule has 1 aliphatic heterocycles. The molecule has 1 saturated heterocycles. The van der Waals surface area contributed by atoms with Gasteiger partial charge in [0, 0.05) is 31.6 Å². The second-order valence-electron chi connectivity index (χ2n) is 6.74. The lowest BCUT2D eigenvalue weighted by molar-refractivity contribution is -0.127. The number of methoxy groups -OCH3 is 1. The molecule has 0 aliphatic carbocycles. The van der Waals surface area contributed by atoms with Crippen molar-refractivity contribution in [1.29, 1.82) is 0 Å². The molecule has 1 N–H and O–H groups in total. The van der Waals surface area contributed by atoms with Gasteiger partial charge in [-0.3, -0.25) is 4.79 Å². The number of nitrogens with zero attached hydrogens (tertiary/aromatic N) is 1. The molecular formula is C22H29ClN2O3. The predicted octanol–water partition coefficient (Wildman–Crippen LogP) is 3.80. The third-order valence-corrected chi connectivity index (χ3v) is 4.77. The zero-order valence-electron chi connectivity index (χ0n) is 16.4. The quantitative estimate of drug-likeness (QED) is 0.612. The van der Waals surface area contributed by atoms with Crippen LogP contribution in [0.3, 0.4) is 0 Å². The normalized spacial score (nSPS) is 13.3. The van der Waals surface area contributed by atoms with E-state index in [0.717, 1.165) is 55.1 Å². The van der Waals surface area contributed by atoms with E-state index in [1.807, 2.05) is 47.4 Å². The lowest BCUT2D eigenvalue weighted by atomic mass is 10.1. The van der Waals surface area contributed by atoms with Gasteiger partial charge >= 0.3 is 0 Å². The molecule has 0 bridgehead atoms. The first-order chi connectivity index (χ1) is 13.3. The molecule has 1 fully saturated rings. The number of carbonyl (C=O) groups is 1. The van der Waals surface area contributed by atoms with Crippen molar-refractivity contribution < 1.29 is 14.3 Å². The summed E-state index contributed by atoms with van der Waals surface area (Å²) in [5.41, 5.74) is 2.19. The largest absolute Gasteiger partial charge is 0.493 e. The smallest absolute Gasteiger partial charge is 0.222 e. The van der Waals surface area contributed by atoms with Crippen molar-refractivity contribution in [2.75, 3.05) is 26.7 Å². The van der Waals surface area contributed by atoms with E-state index in [0.29, 0.717) is 25.5 Å². The van der Waals surface area contributed by atoms with Gasteiger partial charge in [0.25, 0.3) is 0 Å². The van der Waals surface area contributed by atoms with Crippen molar-refractivity contribution in [2.24, 2.45) is 0 Å². The van der Waals surface area contributed by atoms with E-state index in [-0.39, 0.29) is 12.4 Å². The fourth-order valence-corrected chi connectivity index (χ4v) is 3.31. The van der Waals surface area contributed by atoms with E-state index in [1.54, 1.807) is 7.11 Å². The number of hydrogen-bond acceptors (Lipinski definition) is 4. The predicted molar refractivity (Wildman–Crippen MR) is 113 cm³/mol. The highest BCUT2D eigenvalue weighted by Crippen LogP contribution is 2.31. The van der Waals surface area contributed by atoms with Gasteiger partial charge in [-0.2, -0.15) is 0 Å². The molecule has 3 rings (SSSR count). The van der Waals surface area contributed by atoms with Gasteiger partial charge in [-0.25, -0.2) is 0 Å². The first-order valence-electron chi connectivity index (χ1n) is 9.59. The van der Waals surface area contributed by atoms with Crippen molar-refractivity contribution >= 4 is 18.3 Å². The SMILES string of the molecule is COc1cccc(CNCCCN2CCCC2=O)c1OCc1ccccc1.Cl. The minimum atomic E-state index is 0. The van der Waals surface area contributed by atoms with Crippen LogP contribution in [0.2, 0.25) is 0 Å². The Kier molecular flexibility index (Phi) is 9.11. The Morgan fingerprint density at radius 3 is 2.64 bits per heavy atom. The Balaban J connectivity index is 0.00000280. The highest BCUT2D eigenvalue weighted by molar-refractivity contribution is 5.85. The van der Waals surface area contributed by atoms with E-state index in [4.69, 9.17) is 9.47 Å². The van der Waals surface area contributed by atoms with Crippen LogP contribution in [0.1, 0.15) is 30.4 Å². The second kappa shape index (κ2) is 11.6. The maximum absolute atomic E-state index is 11.6. The Bertz CT molecular complexity index is 740.